The maximum Gasteiger partial charge on any atom is 0.137 e. The lowest BCUT2D eigenvalue weighted by molar-refractivity contribution is 0.0650. The molecule has 0 spiro atoms. The maximum atomic E-state index is 5.49. The van der Waals surface area contributed by atoms with Gasteiger partial charge in [0.05, 0.1) is 6.10 Å². The molecule has 0 fully saturated rings. The number of allylic oxidation sites excluding steroid dienone is 2. The molecular weight excluding hydrogens is 174 g/mol. The van der Waals surface area contributed by atoms with Gasteiger partial charge in [0.15, 0.2) is 0 Å². The topological polar surface area (TPSA) is 21.6 Å². The fraction of sp³-hybridized carbons (Fsp3) is 0.750. The van der Waals surface area contributed by atoms with E-state index in [1.807, 2.05) is 6.08 Å². The second kappa shape index (κ2) is 10.5. The Morgan fingerprint density at radius 2 is 2.14 bits per heavy atom. The molecule has 0 aliphatic rings. The third-order valence-electron chi connectivity index (χ3n) is 1.96. The zero-order valence-electron chi connectivity index (χ0n) is 9.70. The molecule has 0 aromatic carbocycles. The van der Waals surface area contributed by atoms with Crippen molar-refractivity contribution in [1.29, 1.82) is 0 Å². The number of rotatable bonds is 8. The average Bonchev–Trinajstić information content (AvgIpc) is 2.20. The van der Waals surface area contributed by atoms with Gasteiger partial charge in [0.25, 0.3) is 0 Å². The predicted octanol–water partition coefficient (Wildman–Crippen LogP) is 3.58. The maximum absolute atomic E-state index is 5.49. The highest BCUT2D eigenvalue weighted by Crippen LogP contribution is 2.03. The number of hydrogen-bond acceptors (Lipinski definition) is 2. The minimum atomic E-state index is 0.335. The van der Waals surface area contributed by atoms with E-state index < -0.39 is 0 Å². The molecule has 2 nitrogen and oxygen atoms in total. The molecule has 14 heavy (non-hydrogen) atoms. The summed E-state index contributed by atoms with van der Waals surface area (Å²) in [6, 6.07) is 0. The molecule has 2 heteroatoms. The van der Waals surface area contributed by atoms with E-state index in [0.29, 0.717) is 12.8 Å². The van der Waals surface area contributed by atoms with Crippen LogP contribution < -0.4 is 0 Å². The molecule has 0 aliphatic carbocycles. The first-order valence-electron chi connectivity index (χ1n) is 5.57. The molecule has 0 N–H and O–H groups in total. The summed E-state index contributed by atoms with van der Waals surface area (Å²) in [4.78, 5) is 4.12. The monoisotopic (exact) mass is 197 g/mol. The van der Waals surface area contributed by atoms with E-state index in [1.54, 1.807) is 6.21 Å². The lowest BCUT2D eigenvalue weighted by atomic mass is 10.2. The first-order chi connectivity index (χ1) is 6.81. The van der Waals surface area contributed by atoms with Crippen LogP contribution in [-0.2, 0) is 4.74 Å². The van der Waals surface area contributed by atoms with E-state index >= 15 is 0 Å². The Kier molecular flexibility index (Phi) is 9.98. The van der Waals surface area contributed by atoms with E-state index in [0.717, 1.165) is 12.8 Å². The van der Waals surface area contributed by atoms with E-state index in [4.69, 9.17) is 4.74 Å². The molecule has 0 radical (unpaired) electrons. The van der Waals surface area contributed by atoms with E-state index in [-0.39, 0.29) is 0 Å². The summed E-state index contributed by atoms with van der Waals surface area (Å²) in [6.45, 7) is 6.89. The number of hydrogen-bond donors (Lipinski definition) is 0. The van der Waals surface area contributed by atoms with Gasteiger partial charge in [0.2, 0.25) is 0 Å². The van der Waals surface area contributed by atoms with Gasteiger partial charge >= 0.3 is 0 Å². The van der Waals surface area contributed by atoms with Crippen LogP contribution in [0.2, 0.25) is 0 Å². The lowest BCUT2D eigenvalue weighted by Gasteiger charge is -2.09. The molecule has 0 saturated heterocycles. The predicted molar refractivity (Wildman–Crippen MR) is 62.9 cm³/mol. The van der Waals surface area contributed by atoms with Crippen LogP contribution in [0.5, 0.6) is 0 Å². The van der Waals surface area contributed by atoms with Crippen molar-refractivity contribution >= 4 is 6.21 Å². The molecule has 0 bridgehead atoms. The Morgan fingerprint density at radius 3 is 2.79 bits per heavy atom. The fourth-order valence-electron chi connectivity index (χ4n) is 1.05. The fourth-order valence-corrected chi connectivity index (χ4v) is 1.05. The van der Waals surface area contributed by atoms with Gasteiger partial charge in [-0.1, -0.05) is 32.8 Å². The quantitative estimate of drug-likeness (QED) is 0.545. The van der Waals surface area contributed by atoms with Crippen LogP contribution in [0.25, 0.3) is 0 Å². The Hall–Kier alpha value is -0.630. The van der Waals surface area contributed by atoms with Crippen molar-refractivity contribution in [1.82, 2.24) is 0 Å². The Labute approximate surface area is 88.1 Å². The second-order valence-corrected chi connectivity index (χ2v) is 3.42. The van der Waals surface area contributed by atoms with Crippen molar-refractivity contribution < 1.29 is 4.74 Å². The standard InChI is InChI=1S/C12H23NO/c1-4-6-8-10-13-11-14-12(3)9-7-5-2/h6,8,10,12H,4-5,7,9,11H2,1-3H3/b8-6-,13-10-/t12-/m1/s1. The summed E-state index contributed by atoms with van der Waals surface area (Å²) in [7, 11) is 0. The molecule has 0 amide bonds. The molecule has 1 atom stereocenters. The molecule has 0 unspecified atom stereocenters. The normalized spacial score (nSPS) is 14.2. The van der Waals surface area contributed by atoms with Crippen LogP contribution in [0, 0.1) is 0 Å². The van der Waals surface area contributed by atoms with E-state index in [2.05, 4.69) is 31.8 Å². The molecule has 0 rings (SSSR count). The zero-order valence-corrected chi connectivity index (χ0v) is 9.70. The van der Waals surface area contributed by atoms with Crippen LogP contribution in [0.1, 0.15) is 46.5 Å². The molecule has 0 aromatic rings. The van der Waals surface area contributed by atoms with Crippen molar-refractivity contribution in [3.63, 3.8) is 0 Å². The summed E-state index contributed by atoms with van der Waals surface area (Å²) < 4.78 is 5.49. The minimum Gasteiger partial charge on any atom is -0.356 e. The molecule has 0 heterocycles. The van der Waals surface area contributed by atoms with Gasteiger partial charge in [-0.3, -0.25) is 4.99 Å². The molecule has 0 saturated carbocycles. The number of ether oxygens (including phenoxy) is 1. The van der Waals surface area contributed by atoms with Gasteiger partial charge in [-0.2, -0.15) is 0 Å². The first kappa shape index (κ1) is 13.4. The number of unbranched alkanes of at least 4 members (excludes halogenated alkanes) is 1. The van der Waals surface area contributed by atoms with Crippen molar-refractivity contribution in [3.05, 3.63) is 12.2 Å². The Bertz CT molecular complexity index is 164. The van der Waals surface area contributed by atoms with Gasteiger partial charge in [-0.05, 0) is 25.8 Å². The molecular formula is C12H23NO. The SMILES string of the molecule is CC/C=C\C=N/CO[C@H](C)CCCC. The Balaban J connectivity index is 3.34. The Morgan fingerprint density at radius 1 is 1.36 bits per heavy atom. The van der Waals surface area contributed by atoms with Crippen molar-refractivity contribution in [2.24, 2.45) is 4.99 Å². The van der Waals surface area contributed by atoms with Crippen LogP contribution in [-0.4, -0.2) is 19.0 Å². The highest BCUT2D eigenvalue weighted by molar-refractivity contribution is 5.70. The van der Waals surface area contributed by atoms with E-state index in [9.17, 15) is 0 Å². The van der Waals surface area contributed by atoms with Gasteiger partial charge in [0.1, 0.15) is 6.73 Å². The number of aliphatic imine (C=N–C) groups is 1. The van der Waals surface area contributed by atoms with Crippen LogP contribution in [0.4, 0.5) is 0 Å². The second-order valence-electron chi connectivity index (χ2n) is 3.42. The van der Waals surface area contributed by atoms with Crippen LogP contribution >= 0.6 is 0 Å². The van der Waals surface area contributed by atoms with Crippen molar-refractivity contribution in [2.75, 3.05) is 6.73 Å². The van der Waals surface area contributed by atoms with Gasteiger partial charge < -0.3 is 4.74 Å². The largest absolute Gasteiger partial charge is 0.356 e. The highest BCUT2D eigenvalue weighted by Gasteiger charge is 1.98. The highest BCUT2D eigenvalue weighted by atomic mass is 16.5. The summed E-state index contributed by atoms with van der Waals surface area (Å²) in [5, 5.41) is 0. The summed E-state index contributed by atoms with van der Waals surface area (Å²) >= 11 is 0. The van der Waals surface area contributed by atoms with Crippen molar-refractivity contribution in [2.45, 2.75) is 52.6 Å². The van der Waals surface area contributed by atoms with Crippen LogP contribution in [0.3, 0.4) is 0 Å². The number of nitrogens with zero attached hydrogens (tertiary/aromatic N) is 1. The summed E-state index contributed by atoms with van der Waals surface area (Å²) in [5.74, 6) is 0. The lowest BCUT2D eigenvalue weighted by Crippen LogP contribution is -2.07. The van der Waals surface area contributed by atoms with E-state index in [1.165, 1.54) is 12.8 Å². The molecule has 0 aliphatic heterocycles. The zero-order chi connectivity index (χ0) is 10.6. The smallest absolute Gasteiger partial charge is 0.137 e. The van der Waals surface area contributed by atoms with Gasteiger partial charge in [-0.25, -0.2) is 0 Å². The van der Waals surface area contributed by atoms with Crippen molar-refractivity contribution in [3.8, 4) is 0 Å². The average molecular weight is 197 g/mol. The summed E-state index contributed by atoms with van der Waals surface area (Å²) in [6.07, 6.45) is 10.8. The third-order valence-corrected chi connectivity index (χ3v) is 1.96. The van der Waals surface area contributed by atoms with Gasteiger partial charge in [-0.15, -0.1) is 0 Å². The molecule has 82 valence electrons. The summed E-state index contributed by atoms with van der Waals surface area (Å²) in [5.41, 5.74) is 0. The third kappa shape index (κ3) is 9.46. The van der Waals surface area contributed by atoms with Crippen LogP contribution in [0.15, 0.2) is 17.1 Å². The first-order valence-corrected chi connectivity index (χ1v) is 5.57. The molecule has 0 aromatic heterocycles. The minimum absolute atomic E-state index is 0.335. The van der Waals surface area contributed by atoms with Gasteiger partial charge in [0, 0.05) is 6.21 Å².